The van der Waals surface area contributed by atoms with Gasteiger partial charge in [-0.15, -0.1) is 5.10 Å². The molecule has 0 amide bonds. The molecule has 0 saturated heterocycles. The molecule has 234 valence electrons. The van der Waals surface area contributed by atoms with E-state index in [9.17, 15) is 28.0 Å². The first-order chi connectivity index (χ1) is 20.7. The molecule has 44 heavy (non-hydrogen) atoms. The van der Waals surface area contributed by atoms with Crippen LogP contribution in [0.15, 0.2) is 58.5 Å². The molecule has 2 aromatic carbocycles. The predicted octanol–water partition coefficient (Wildman–Crippen LogP) is 4.73. The van der Waals surface area contributed by atoms with Gasteiger partial charge in [0.05, 0.1) is 50.5 Å². The predicted molar refractivity (Wildman–Crippen MR) is 155 cm³/mol. The van der Waals surface area contributed by atoms with E-state index in [2.05, 4.69) is 37.3 Å². The van der Waals surface area contributed by atoms with Gasteiger partial charge in [0.15, 0.2) is 0 Å². The van der Waals surface area contributed by atoms with Gasteiger partial charge in [0.2, 0.25) is 5.95 Å². The lowest BCUT2D eigenvalue weighted by Gasteiger charge is -2.37. The molecule has 11 nitrogen and oxygen atoms in total. The molecule has 0 unspecified atom stereocenters. The normalized spacial score (nSPS) is 14.7. The molecule has 1 aliphatic heterocycles. The average Bonchev–Trinajstić information content (AvgIpc) is 3.35. The molecule has 0 aliphatic carbocycles. The monoisotopic (exact) mass is 615 g/mol. The summed E-state index contributed by atoms with van der Waals surface area (Å²) in [5, 5.41) is 23.1. The number of allylic oxidation sites excluding steroid dienone is 1. The number of aromatic amines is 1. The van der Waals surface area contributed by atoms with Crippen LogP contribution in [0, 0.1) is 11.3 Å². The van der Waals surface area contributed by atoms with Gasteiger partial charge in [-0.1, -0.05) is 25.5 Å². The lowest BCUT2D eigenvalue weighted by molar-refractivity contribution is -0.903. The summed E-state index contributed by atoms with van der Waals surface area (Å²) in [5.41, 5.74) is 0.571. The van der Waals surface area contributed by atoms with Gasteiger partial charge in [0.1, 0.15) is 12.6 Å². The maximum Gasteiger partial charge on any atom is 0.416 e. The largest absolute Gasteiger partial charge is 0.483 e. The van der Waals surface area contributed by atoms with Crippen molar-refractivity contribution < 1.29 is 37.1 Å². The van der Waals surface area contributed by atoms with Gasteiger partial charge in [-0.25, -0.2) is 19.3 Å². The smallest absolute Gasteiger partial charge is 0.416 e. The number of rotatable bonds is 8. The SMILES string of the molecule is CCCC[N+](C)(C)Cc1cc(C#N)ccc1[C@@H]1C(C(=O)OC)=C(C)N(c2cccc(C(F)(F)F)c2)c2n[nH]c(=O)n21.O=CO. The van der Waals surface area contributed by atoms with E-state index in [-0.39, 0.29) is 29.4 Å². The molecule has 1 atom stereocenters. The van der Waals surface area contributed by atoms with E-state index in [1.165, 1.54) is 28.7 Å². The van der Waals surface area contributed by atoms with Gasteiger partial charge in [0, 0.05) is 16.9 Å². The van der Waals surface area contributed by atoms with Crippen molar-refractivity contribution in [2.75, 3.05) is 32.6 Å². The van der Waals surface area contributed by atoms with Crippen LogP contribution in [-0.2, 0) is 27.0 Å². The number of carboxylic acid groups (broad SMARTS) is 1. The molecule has 3 aromatic rings. The number of carbonyl (C=O) groups excluding carboxylic acids is 1. The van der Waals surface area contributed by atoms with Crippen LogP contribution in [0.2, 0.25) is 0 Å². The molecule has 0 bridgehead atoms. The van der Waals surface area contributed by atoms with E-state index in [0.717, 1.165) is 37.1 Å². The Kier molecular flexibility index (Phi) is 10.4. The van der Waals surface area contributed by atoms with Gasteiger partial charge in [0.25, 0.3) is 6.47 Å². The number of unbranched alkanes of at least 4 members (excludes halogenated alkanes) is 1. The van der Waals surface area contributed by atoms with Gasteiger partial charge < -0.3 is 14.3 Å². The number of esters is 1. The number of benzene rings is 2. The Morgan fingerprint density at radius 1 is 1.25 bits per heavy atom. The highest BCUT2D eigenvalue weighted by molar-refractivity contribution is 5.93. The van der Waals surface area contributed by atoms with Crippen molar-refractivity contribution in [1.29, 1.82) is 5.26 Å². The van der Waals surface area contributed by atoms with Crippen LogP contribution in [0.25, 0.3) is 0 Å². The van der Waals surface area contributed by atoms with Crippen molar-refractivity contribution in [1.82, 2.24) is 14.8 Å². The van der Waals surface area contributed by atoms with E-state index in [4.69, 9.17) is 14.6 Å². The number of fused-ring (bicyclic) bond motifs is 1. The summed E-state index contributed by atoms with van der Waals surface area (Å²) in [6.07, 6.45) is -2.63. The maximum atomic E-state index is 13.6. The number of ether oxygens (including phenoxy) is 1. The fraction of sp³-hybridized carbons (Fsp3) is 0.367. The van der Waals surface area contributed by atoms with Crippen LogP contribution < -0.4 is 10.6 Å². The van der Waals surface area contributed by atoms with Crippen molar-refractivity contribution in [3.63, 3.8) is 0 Å². The van der Waals surface area contributed by atoms with Gasteiger partial charge in [-0.2, -0.15) is 18.4 Å². The lowest BCUT2D eigenvalue weighted by Crippen LogP contribution is -2.41. The maximum absolute atomic E-state index is 13.6. The fourth-order valence-electron chi connectivity index (χ4n) is 5.28. The highest BCUT2D eigenvalue weighted by atomic mass is 19.4. The number of hydrogen-bond acceptors (Lipinski definition) is 7. The number of nitrogens with one attached hydrogen (secondary N) is 1. The number of halogens is 3. The minimum Gasteiger partial charge on any atom is -0.483 e. The summed E-state index contributed by atoms with van der Waals surface area (Å²) in [6, 6.07) is 10.8. The summed E-state index contributed by atoms with van der Waals surface area (Å²) in [7, 11) is 5.32. The van der Waals surface area contributed by atoms with E-state index >= 15 is 0 Å². The topological polar surface area (TPSA) is 141 Å². The molecule has 14 heteroatoms. The van der Waals surface area contributed by atoms with Crippen LogP contribution in [0.3, 0.4) is 0 Å². The number of quaternary nitrogens is 1. The minimum atomic E-state index is -4.61. The molecular weight excluding hydrogens is 581 g/mol. The second kappa shape index (κ2) is 13.6. The van der Waals surface area contributed by atoms with Crippen LogP contribution in [0.5, 0.6) is 0 Å². The summed E-state index contributed by atoms with van der Waals surface area (Å²) >= 11 is 0. The molecule has 0 spiro atoms. The number of nitriles is 1. The Morgan fingerprint density at radius 3 is 2.52 bits per heavy atom. The van der Waals surface area contributed by atoms with Crippen molar-refractivity contribution >= 4 is 24.1 Å². The Balaban J connectivity index is 0.00000169. The third kappa shape index (κ3) is 7.00. The molecule has 2 heterocycles. The number of carbonyl (C=O) groups is 2. The number of H-pyrrole nitrogens is 1. The number of alkyl halides is 3. The quantitative estimate of drug-likeness (QED) is 0.211. The van der Waals surface area contributed by atoms with Gasteiger partial charge >= 0.3 is 17.8 Å². The van der Waals surface area contributed by atoms with Crippen LogP contribution in [0.4, 0.5) is 24.8 Å². The molecule has 0 fully saturated rings. The van der Waals surface area contributed by atoms with Crippen molar-refractivity contribution in [3.05, 3.63) is 86.5 Å². The Morgan fingerprint density at radius 2 is 1.93 bits per heavy atom. The minimum absolute atomic E-state index is 0.0134. The molecule has 4 rings (SSSR count). The van der Waals surface area contributed by atoms with Crippen molar-refractivity contribution in [2.24, 2.45) is 0 Å². The Hall–Kier alpha value is -4.90. The summed E-state index contributed by atoms with van der Waals surface area (Å²) in [4.78, 5) is 36.4. The number of nitrogens with zero attached hydrogens (tertiary/aromatic N) is 5. The highest BCUT2D eigenvalue weighted by Crippen LogP contribution is 2.43. The Labute approximate surface area is 252 Å². The first-order valence-electron chi connectivity index (χ1n) is 13.6. The second-order valence-electron chi connectivity index (χ2n) is 10.8. The van der Waals surface area contributed by atoms with Gasteiger partial charge in [-0.05, 0) is 49.2 Å². The third-order valence-corrected chi connectivity index (χ3v) is 7.26. The Bertz CT molecular complexity index is 1650. The van der Waals surface area contributed by atoms with Crippen molar-refractivity contribution in [3.8, 4) is 6.07 Å². The summed E-state index contributed by atoms with van der Waals surface area (Å²) < 4.78 is 47.7. The fourth-order valence-corrected chi connectivity index (χ4v) is 5.28. The second-order valence-corrected chi connectivity index (χ2v) is 10.8. The highest BCUT2D eigenvalue weighted by Gasteiger charge is 2.41. The molecule has 1 aromatic heterocycles. The number of anilines is 2. The van der Waals surface area contributed by atoms with E-state index in [1.807, 2.05) is 0 Å². The molecule has 1 aliphatic rings. The molecular formula is C30H34F3N6O5+. The van der Waals surface area contributed by atoms with E-state index < -0.39 is 29.4 Å². The first-order valence-corrected chi connectivity index (χ1v) is 13.6. The standard InChI is InChI=1S/C29H31F3N6O3.CH2O2/c1-6-7-13-38(3,4)17-20-14-19(16-33)11-12-23(20)25-24(26(39)41-5)18(2)36(27-34-35-28(40)37(25)27)22-10-8-9-21(15-22)29(30,31)32;2-1-3/h8-12,14-15,25H,6-7,13,17H2,1-5H3;1H,(H,2,3)/p+1/t25-;/m1./s1. The zero-order valence-electron chi connectivity index (χ0n) is 25.0. The third-order valence-electron chi connectivity index (χ3n) is 7.26. The number of hydrogen-bond donors (Lipinski definition) is 2. The molecule has 2 N–H and O–H groups in total. The molecule has 0 radical (unpaired) electrons. The summed E-state index contributed by atoms with van der Waals surface area (Å²) in [5.74, 6) is -0.738. The number of aromatic nitrogens is 3. The zero-order valence-corrected chi connectivity index (χ0v) is 25.0. The first kappa shape index (κ1) is 33.6. The summed E-state index contributed by atoms with van der Waals surface area (Å²) in [6.45, 7) is 4.78. The van der Waals surface area contributed by atoms with E-state index in [0.29, 0.717) is 22.2 Å². The van der Waals surface area contributed by atoms with Crippen LogP contribution >= 0.6 is 0 Å². The number of methoxy groups -OCH3 is 1. The van der Waals surface area contributed by atoms with Gasteiger partial charge in [-0.3, -0.25) is 9.69 Å². The van der Waals surface area contributed by atoms with Crippen LogP contribution in [0.1, 0.15) is 55.0 Å². The van der Waals surface area contributed by atoms with E-state index in [1.54, 1.807) is 25.1 Å². The zero-order chi connectivity index (χ0) is 32.8. The van der Waals surface area contributed by atoms with Crippen LogP contribution in [-0.4, -0.2) is 64.5 Å². The average molecular weight is 616 g/mol. The lowest BCUT2D eigenvalue weighted by atomic mass is 9.89. The van der Waals surface area contributed by atoms with Crippen molar-refractivity contribution in [2.45, 2.75) is 45.5 Å². The molecule has 0 saturated carbocycles.